The minimum Gasteiger partial charge on any atom is -0.361 e. The first-order valence-corrected chi connectivity index (χ1v) is 6.91. The Morgan fingerprint density at radius 1 is 1.14 bits per heavy atom. The number of anilines is 1. The first kappa shape index (κ1) is 14.2. The summed E-state index contributed by atoms with van der Waals surface area (Å²) >= 11 is 0. The van der Waals surface area contributed by atoms with E-state index in [0.717, 1.165) is 16.9 Å². The van der Waals surface area contributed by atoms with Gasteiger partial charge < -0.3 is 10.4 Å². The van der Waals surface area contributed by atoms with Crippen LogP contribution in [0.15, 0.2) is 54.9 Å². The number of nitrogens with two attached hydrogens (primary N) is 1. The summed E-state index contributed by atoms with van der Waals surface area (Å²) in [7, 11) is 0. The molecule has 0 spiro atoms. The largest absolute Gasteiger partial charge is 0.361 e. The molecule has 2 aromatic heterocycles. The van der Waals surface area contributed by atoms with Crippen LogP contribution >= 0.6 is 0 Å². The summed E-state index contributed by atoms with van der Waals surface area (Å²) in [4.78, 5) is 4.12. The Labute approximate surface area is 128 Å². The van der Waals surface area contributed by atoms with E-state index in [2.05, 4.69) is 15.4 Å². The number of hydrogen-bond donors (Lipinski definition) is 3. The van der Waals surface area contributed by atoms with Crippen molar-refractivity contribution in [2.45, 2.75) is 13.3 Å². The van der Waals surface area contributed by atoms with Crippen LogP contribution in [0.1, 0.15) is 5.56 Å². The van der Waals surface area contributed by atoms with Crippen LogP contribution in [0, 0.1) is 6.92 Å². The zero-order chi connectivity index (χ0) is 15.5. The molecule has 0 aliphatic carbocycles. The quantitative estimate of drug-likeness (QED) is 0.640. The number of hydrogen-bond acceptors (Lipinski definition) is 5. The second-order valence-corrected chi connectivity index (χ2v) is 4.98. The molecule has 0 amide bonds. The lowest BCUT2D eigenvalue weighted by Crippen LogP contribution is -2.28. The normalized spacial score (nSPS) is 12.1. The van der Waals surface area contributed by atoms with E-state index in [-0.39, 0.29) is 0 Å². The van der Waals surface area contributed by atoms with Gasteiger partial charge >= 0.3 is 0 Å². The van der Waals surface area contributed by atoms with Crippen LogP contribution in [0.2, 0.25) is 0 Å². The summed E-state index contributed by atoms with van der Waals surface area (Å²) < 4.78 is 1.86. The summed E-state index contributed by atoms with van der Waals surface area (Å²) in [5.41, 5.74) is 9.35. The Bertz CT molecular complexity index is 764. The zero-order valence-electron chi connectivity index (χ0n) is 12.1. The lowest BCUT2D eigenvalue weighted by molar-refractivity contribution is 0.211. The fraction of sp³-hybridized carbons (Fsp3) is 0.125. The molecule has 3 rings (SSSR count). The van der Waals surface area contributed by atoms with Crippen molar-refractivity contribution in [1.29, 1.82) is 0 Å². The molecular weight excluding hydrogens is 278 g/mol. The number of nitrogens with zero attached hydrogens (tertiary/aromatic N) is 3. The number of benzene rings is 1. The highest BCUT2D eigenvalue weighted by molar-refractivity contribution is 5.65. The van der Waals surface area contributed by atoms with E-state index in [9.17, 15) is 5.11 Å². The van der Waals surface area contributed by atoms with Crippen molar-refractivity contribution in [1.82, 2.24) is 14.8 Å². The van der Waals surface area contributed by atoms with Gasteiger partial charge in [0.05, 0.1) is 17.6 Å². The molecule has 22 heavy (non-hydrogen) atoms. The Hall–Kier alpha value is -2.70. The molecule has 112 valence electrons. The Balaban J connectivity index is 2.00. The molecule has 6 nitrogen and oxygen atoms in total. The molecular formula is C16H17N5O. The van der Waals surface area contributed by atoms with Gasteiger partial charge in [-0.15, -0.1) is 0 Å². The second kappa shape index (κ2) is 5.97. The monoisotopic (exact) mass is 295 g/mol. The molecule has 6 heteroatoms. The molecule has 0 aliphatic heterocycles. The molecule has 3 aromatic rings. The molecule has 0 saturated carbocycles. The van der Waals surface area contributed by atoms with E-state index >= 15 is 0 Å². The number of aromatic nitrogens is 3. The van der Waals surface area contributed by atoms with Crippen molar-refractivity contribution < 1.29 is 5.11 Å². The molecule has 2 heterocycles. The summed E-state index contributed by atoms with van der Waals surface area (Å²) in [6, 6.07) is 13.8. The van der Waals surface area contributed by atoms with E-state index in [4.69, 9.17) is 5.73 Å². The van der Waals surface area contributed by atoms with Crippen molar-refractivity contribution in [3.8, 4) is 16.9 Å². The Morgan fingerprint density at radius 2 is 1.91 bits per heavy atom. The lowest BCUT2D eigenvalue weighted by atomic mass is 10.1. The SMILES string of the molecule is Cc1ccc(-n2nccc2-c2ccnc(NC(N)O)c2)cc1. The predicted octanol–water partition coefficient (Wildman–Crippen LogP) is 1.89. The smallest absolute Gasteiger partial charge is 0.180 e. The third-order valence-electron chi connectivity index (χ3n) is 3.27. The van der Waals surface area contributed by atoms with Crippen molar-refractivity contribution >= 4 is 5.82 Å². The molecule has 4 N–H and O–H groups in total. The maximum absolute atomic E-state index is 9.19. The topological polar surface area (TPSA) is 89.0 Å². The molecule has 0 radical (unpaired) electrons. The first-order valence-electron chi connectivity index (χ1n) is 6.91. The fourth-order valence-electron chi connectivity index (χ4n) is 2.23. The summed E-state index contributed by atoms with van der Waals surface area (Å²) in [6.45, 7) is 2.05. The van der Waals surface area contributed by atoms with Gasteiger partial charge in [0.15, 0.2) is 6.35 Å². The summed E-state index contributed by atoms with van der Waals surface area (Å²) in [5.74, 6) is 0.504. The minimum atomic E-state index is -1.15. The Kier molecular flexibility index (Phi) is 3.86. The van der Waals surface area contributed by atoms with Gasteiger partial charge in [0.2, 0.25) is 0 Å². The van der Waals surface area contributed by atoms with Gasteiger partial charge in [0, 0.05) is 11.8 Å². The first-order chi connectivity index (χ1) is 10.6. The van der Waals surface area contributed by atoms with Crippen LogP contribution in [-0.4, -0.2) is 26.2 Å². The predicted molar refractivity (Wildman–Crippen MR) is 85.3 cm³/mol. The molecule has 0 aliphatic rings. The average Bonchev–Trinajstić information content (AvgIpc) is 2.97. The molecule has 0 bridgehead atoms. The number of aliphatic hydroxyl groups excluding tert-OH is 1. The number of aliphatic hydroxyl groups is 1. The summed E-state index contributed by atoms with van der Waals surface area (Å²) in [6.07, 6.45) is 2.26. The van der Waals surface area contributed by atoms with Gasteiger partial charge in [-0.2, -0.15) is 5.10 Å². The van der Waals surface area contributed by atoms with Gasteiger partial charge in [-0.25, -0.2) is 9.67 Å². The third-order valence-corrected chi connectivity index (χ3v) is 3.27. The van der Waals surface area contributed by atoms with Crippen LogP contribution in [-0.2, 0) is 0 Å². The van der Waals surface area contributed by atoms with Crippen LogP contribution < -0.4 is 11.1 Å². The second-order valence-electron chi connectivity index (χ2n) is 4.98. The number of rotatable bonds is 4. The number of nitrogens with one attached hydrogen (secondary N) is 1. The standard InChI is InChI=1S/C16H17N5O/c1-11-2-4-13(5-3-11)21-14(7-9-19-21)12-6-8-18-15(10-12)20-16(17)22/h2-10,16,22H,17H2,1H3,(H,18,20). The molecule has 0 saturated heterocycles. The van der Waals surface area contributed by atoms with Crippen molar-refractivity contribution in [2.24, 2.45) is 5.73 Å². The van der Waals surface area contributed by atoms with E-state index < -0.39 is 6.35 Å². The molecule has 1 aromatic carbocycles. The Morgan fingerprint density at radius 3 is 2.64 bits per heavy atom. The highest BCUT2D eigenvalue weighted by Gasteiger charge is 2.09. The van der Waals surface area contributed by atoms with E-state index in [0.29, 0.717) is 5.82 Å². The van der Waals surface area contributed by atoms with Gasteiger partial charge in [0.1, 0.15) is 5.82 Å². The van der Waals surface area contributed by atoms with Crippen LogP contribution in [0.25, 0.3) is 16.9 Å². The van der Waals surface area contributed by atoms with Crippen molar-refractivity contribution in [3.63, 3.8) is 0 Å². The number of pyridine rings is 1. The molecule has 1 atom stereocenters. The lowest BCUT2D eigenvalue weighted by Gasteiger charge is -2.11. The van der Waals surface area contributed by atoms with Gasteiger partial charge in [-0.05, 0) is 37.3 Å². The van der Waals surface area contributed by atoms with Gasteiger partial charge in [-0.3, -0.25) is 5.73 Å². The third kappa shape index (κ3) is 2.98. The van der Waals surface area contributed by atoms with E-state index in [1.807, 2.05) is 54.1 Å². The molecule has 1 unspecified atom stereocenters. The van der Waals surface area contributed by atoms with Crippen LogP contribution in [0.3, 0.4) is 0 Å². The fourth-order valence-corrected chi connectivity index (χ4v) is 2.23. The molecule has 0 fully saturated rings. The summed E-state index contributed by atoms with van der Waals surface area (Å²) in [5, 5.41) is 16.2. The zero-order valence-corrected chi connectivity index (χ0v) is 12.1. The maximum Gasteiger partial charge on any atom is 0.180 e. The van der Waals surface area contributed by atoms with Crippen LogP contribution in [0.5, 0.6) is 0 Å². The van der Waals surface area contributed by atoms with E-state index in [1.165, 1.54) is 5.56 Å². The van der Waals surface area contributed by atoms with E-state index in [1.54, 1.807) is 12.4 Å². The van der Waals surface area contributed by atoms with Crippen LogP contribution in [0.4, 0.5) is 5.82 Å². The minimum absolute atomic E-state index is 0.504. The maximum atomic E-state index is 9.19. The highest BCUT2D eigenvalue weighted by atomic mass is 16.3. The van der Waals surface area contributed by atoms with Crippen molar-refractivity contribution in [2.75, 3.05) is 5.32 Å². The average molecular weight is 295 g/mol. The number of aryl methyl sites for hydroxylation is 1. The van der Waals surface area contributed by atoms with Gasteiger partial charge in [-0.1, -0.05) is 17.7 Å². The van der Waals surface area contributed by atoms with Gasteiger partial charge in [0.25, 0.3) is 0 Å². The highest BCUT2D eigenvalue weighted by Crippen LogP contribution is 2.24. The van der Waals surface area contributed by atoms with Crippen molar-refractivity contribution in [3.05, 3.63) is 60.4 Å².